The average Bonchev–Trinajstić information content (AvgIpc) is 2.67. The number of ketones is 1. The topological polar surface area (TPSA) is 30.2 Å². The van der Waals surface area contributed by atoms with Gasteiger partial charge in [-0.05, 0) is 56.1 Å². The summed E-state index contributed by atoms with van der Waals surface area (Å²) in [7, 11) is 0. The predicted molar refractivity (Wildman–Crippen MR) is 63.9 cm³/mol. The lowest BCUT2D eigenvalue weighted by molar-refractivity contribution is 0.101. The van der Waals surface area contributed by atoms with Crippen molar-refractivity contribution < 1.29 is 13.6 Å². The molecule has 0 aliphatic rings. The number of rotatable bonds is 2. The molecule has 5 heteroatoms. The molecule has 1 heterocycles. The number of hydrogen-bond acceptors (Lipinski definition) is 2. The summed E-state index contributed by atoms with van der Waals surface area (Å²) >= 11 is 6.20. The zero-order chi connectivity index (χ0) is 11.7. The fourth-order valence-electron chi connectivity index (χ4n) is 1.22. The van der Waals surface area contributed by atoms with Crippen LogP contribution in [0.5, 0.6) is 0 Å². The monoisotopic (exact) mass is 346 g/mol. The van der Waals surface area contributed by atoms with Crippen LogP contribution in [0.3, 0.4) is 0 Å². The Morgan fingerprint density at radius 1 is 1.19 bits per heavy atom. The SMILES string of the molecule is O=C(c1ccc(Br)c(F)c1)c1occc1Br. The van der Waals surface area contributed by atoms with Gasteiger partial charge in [-0.3, -0.25) is 4.79 Å². The Bertz CT molecular complexity index is 549. The molecule has 1 aromatic carbocycles. The lowest BCUT2D eigenvalue weighted by Crippen LogP contribution is -2.01. The fourth-order valence-corrected chi connectivity index (χ4v) is 1.85. The summed E-state index contributed by atoms with van der Waals surface area (Å²) < 4.78 is 19.1. The Morgan fingerprint density at radius 2 is 1.94 bits per heavy atom. The molecule has 2 nitrogen and oxygen atoms in total. The van der Waals surface area contributed by atoms with Crippen LogP contribution in [0.2, 0.25) is 0 Å². The van der Waals surface area contributed by atoms with Gasteiger partial charge in [-0.1, -0.05) is 0 Å². The molecule has 0 bridgehead atoms. The van der Waals surface area contributed by atoms with Gasteiger partial charge >= 0.3 is 0 Å². The largest absolute Gasteiger partial charge is 0.460 e. The normalized spacial score (nSPS) is 10.4. The van der Waals surface area contributed by atoms with Crippen LogP contribution in [0, 0.1) is 5.82 Å². The highest BCUT2D eigenvalue weighted by molar-refractivity contribution is 9.10. The van der Waals surface area contributed by atoms with E-state index in [0.717, 1.165) is 0 Å². The molecule has 0 radical (unpaired) electrons. The number of hydrogen-bond donors (Lipinski definition) is 0. The van der Waals surface area contributed by atoms with E-state index in [1.165, 1.54) is 24.5 Å². The molecule has 0 atom stereocenters. The second kappa shape index (κ2) is 4.51. The number of carbonyl (C=O) groups is 1. The second-order valence-corrected chi connectivity index (χ2v) is 4.76. The molecule has 82 valence electrons. The van der Waals surface area contributed by atoms with Crippen molar-refractivity contribution in [1.82, 2.24) is 0 Å². The predicted octanol–water partition coefficient (Wildman–Crippen LogP) is 4.17. The summed E-state index contributed by atoms with van der Waals surface area (Å²) in [5, 5.41) is 0. The van der Waals surface area contributed by atoms with Crippen LogP contribution >= 0.6 is 31.9 Å². The summed E-state index contributed by atoms with van der Waals surface area (Å²) in [4.78, 5) is 11.9. The third kappa shape index (κ3) is 2.10. The van der Waals surface area contributed by atoms with E-state index in [0.29, 0.717) is 8.95 Å². The molecule has 2 rings (SSSR count). The second-order valence-electron chi connectivity index (χ2n) is 3.06. The zero-order valence-electron chi connectivity index (χ0n) is 7.84. The van der Waals surface area contributed by atoms with Gasteiger partial charge in [0.1, 0.15) is 5.82 Å². The van der Waals surface area contributed by atoms with Crippen LogP contribution in [0.1, 0.15) is 16.1 Å². The summed E-state index contributed by atoms with van der Waals surface area (Å²) in [5.41, 5.74) is 0.247. The molecule has 1 aromatic heterocycles. The number of carbonyl (C=O) groups excluding carboxylic acids is 1. The molecule has 2 aromatic rings. The molecular weight excluding hydrogens is 343 g/mol. The van der Waals surface area contributed by atoms with Gasteiger partial charge in [0.15, 0.2) is 5.76 Å². The molecule has 0 amide bonds. The minimum absolute atomic E-state index is 0.168. The maximum atomic E-state index is 13.2. The van der Waals surface area contributed by atoms with Crippen molar-refractivity contribution in [2.75, 3.05) is 0 Å². The Labute approximate surface area is 108 Å². The molecule has 0 fully saturated rings. The van der Waals surface area contributed by atoms with Crippen LogP contribution in [0.4, 0.5) is 4.39 Å². The van der Waals surface area contributed by atoms with E-state index < -0.39 is 5.82 Å². The van der Waals surface area contributed by atoms with Gasteiger partial charge < -0.3 is 4.42 Å². The third-order valence-corrected chi connectivity index (χ3v) is 3.27. The Morgan fingerprint density at radius 3 is 2.50 bits per heavy atom. The van der Waals surface area contributed by atoms with Gasteiger partial charge in [0, 0.05) is 5.56 Å². The van der Waals surface area contributed by atoms with E-state index in [4.69, 9.17) is 4.42 Å². The van der Waals surface area contributed by atoms with Crippen LogP contribution < -0.4 is 0 Å². The first kappa shape index (κ1) is 11.5. The van der Waals surface area contributed by atoms with Gasteiger partial charge in [0.2, 0.25) is 5.78 Å². The van der Waals surface area contributed by atoms with Crippen molar-refractivity contribution in [2.45, 2.75) is 0 Å². The molecule has 16 heavy (non-hydrogen) atoms. The van der Waals surface area contributed by atoms with E-state index in [2.05, 4.69) is 31.9 Å². The van der Waals surface area contributed by atoms with Crippen LogP contribution in [0.15, 0.2) is 43.9 Å². The maximum absolute atomic E-state index is 13.2. The number of benzene rings is 1. The lowest BCUT2D eigenvalue weighted by atomic mass is 10.1. The van der Waals surface area contributed by atoms with E-state index in [-0.39, 0.29) is 17.1 Å². The van der Waals surface area contributed by atoms with Gasteiger partial charge in [0.25, 0.3) is 0 Å². The van der Waals surface area contributed by atoms with Crippen molar-refractivity contribution in [3.05, 3.63) is 56.6 Å². The minimum Gasteiger partial charge on any atom is -0.460 e. The first-order chi connectivity index (χ1) is 7.59. The first-order valence-corrected chi connectivity index (χ1v) is 5.91. The lowest BCUT2D eigenvalue weighted by Gasteiger charge is -2.00. The first-order valence-electron chi connectivity index (χ1n) is 4.32. The van der Waals surface area contributed by atoms with Gasteiger partial charge in [-0.2, -0.15) is 0 Å². The van der Waals surface area contributed by atoms with Crippen molar-refractivity contribution >= 4 is 37.6 Å². The number of halogens is 3. The van der Waals surface area contributed by atoms with Crippen molar-refractivity contribution in [3.63, 3.8) is 0 Å². The van der Waals surface area contributed by atoms with Gasteiger partial charge in [-0.15, -0.1) is 0 Å². The zero-order valence-corrected chi connectivity index (χ0v) is 11.0. The van der Waals surface area contributed by atoms with Gasteiger partial charge in [-0.25, -0.2) is 4.39 Å². The Kier molecular flexibility index (Phi) is 3.25. The van der Waals surface area contributed by atoms with E-state index in [1.54, 1.807) is 6.07 Å². The standard InChI is InChI=1S/C11H5Br2FO2/c12-7-2-1-6(5-9(7)14)10(15)11-8(13)3-4-16-11/h1-5H. The van der Waals surface area contributed by atoms with E-state index in [9.17, 15) is 9.18 Å². The Hall–Kier alpha value is -0.940. The molecule has 0 saturated carbocycles. The smallest absolute Gasteiger partial charge is 0.229 e. The van der Waals surface area contributed by atoms with Crippen molar-refractivity contribution in [2.24, 2.45) is 0 Å². The van der Waals surface area contributed by atoms with Gasteiger partial charge in [0.05, 0.1) is 15.2 Å². The number of furan rings is 1. The van der Waals surface area contributed by atoms with E-state index >= 15 is 0 Å². The summed E-state index contributed by atoms with van der Waals surface area (Å²) in [6.07, 6.45) is 1.40. The van der Waals surface area contributed by atoms with E-state index in [1.807, 2.05) is 0 Å². The molecule has 0 aliphatic carbocycles. The van der Waals surface area contributed by atoms with Crippen molar-refractivity contribution in [3.8, 4) is 0 Å². The molecule has 0 aliphatic heterocycles. The Balaban J connectivity index is 2.42. The van der Waals surface area contributed by atoms with Crippen LogP contribution in [0.25, 0.3) is 0 Å². The van der Waals surface area contributed by atoms with Crippen LogP contribution in [-0.2, 0) is 0 Å². The summed E-state index contributed by atoms with van der Waals surface area (Å²) in [6.45, 7) is 0. The highest BCUT2D eigenvalue weighted by Crippen LogP contribution is 2.23. The molecular formula is C11H5Br2FO2. The third-order valence-electron chi connectivity index (χ3n) is 2.01. The maximum Gasteiger partial charge on any atom is 0.229 e. The minimum atomic E-state index is -0.478. The summed E-state index contributed by atoms with van der Waals surface area (Å²) in [5.74, 6) is -0.668. The highest BCUT2D eigenvalue weighted by atomic mass is 79.9. The average molecular weight is 348 g/mol. The summed E-state index contributed by atoms with van der Waals surface area (Å²) in [6, 6.07) is 5.80. The molecule has 0 N–H and O–H groups in total. The molecule has 0 spiro atoms. The molecule has 0 unspecified atom stereocenters. The quantitative estimate of drug-likeness (QED) is 0.763. The van der Waals surface area contributed by atoms with Crippen LogP contribution in [-0.4, -0.2) is 5.78 Å². The fraction of sp³-hybridized carbons (Fsp3) is 0. The van der Waals surface area contributed by atoms with Crippen molar-refractivity contribution in [1.29, 1.82) is 0 Å². The highest BCUT2D eigenvalue weighted by Gasteiger charge is 2.17. The molecule has 0 saturated heterocycles.